The SMILES string of the molecule is Cl.O=C(NCCNCCNC(=O)c1ccc([N+](=O)[O-])cc1)c1ccc([N+](=O)[O-])cc1. The van der Waals surface area contributed by atoms with Crippen LogP contribution in [0.2, 0.25) is 0 Å². The molecule has 0 atom stereocenters. The van der Waals surface area contributed by atoms with Crippen LogP contribution < -0.4 is 16.0 Å². The number of amides is 2. The number of nitro groups is 2. The lowest BCUT2D eigenvalue weighted by molar-refractivity contribution is -0.385. The fourth-order valence-corrected chi connectivity index (χ4v) is 2.33. The van der Waals surface area contributed by atoms with Crippen LogP contribution in [0.5, 0.6) is 0 Å². The Hall–Kier alpha value is -3.57. The molecule has 11 nitrogen and oxygen atoms in total. The van der Waals surface area contributed by atoms with E-state index in [1.807, 2.05) is 0 Å². The van der Waals surface area contributed by atoms with Crippen molar-refractivity contribution >= 4 is 35.6 Å². The lowest BCUT2D eigenvalue weighted by atomic mass is 10.2. The Morgan fingerprint density at radius 1 is 0.667 bits per heavy atom. The number of halogens is 1. The van der Waals surface area contributed by atoms with Crippen molar-refractivity contribution in [3.63, 3.8) is 0 Å². The average Bonchev–Trinajstić information content (AvgIpc) is 2.72. The highest BCUT2D eigenvalue weighted by Crippen LogP contribution is 2.12. The number of non-ortho nitro benzene ring substituents is 2. The molecular formula is C18H20ClN5O6. The molecule has 0 saturated heterocycles. The van der Waals surface area contributed by atoms with Gasteiger partial charge >= 0.3 is 0 Å². The van der Waals surface area contributed by atoms with Gasteiger partial charge in [0.05, 0.1) is 9.85 Å². The molecule has 160 valence electrons. The minimum Gasteiger partial charge on any atom is -0.351 e. The summed E-state index contributed by atoms with van der Waals surface area (Å²) in [7, 11) is 0. The van der Waals surface area contributed by atoms with Gasteiger partial charge in [0.15, 0.2) is 0 Å². The van der Waals surface area contributed by atoms with E-state index in [2.05, 4.69) is 16.0 Å². The second-order valence-electron chi connectivity index (χ2n) is 5.87. The van der Waals surface area contributed by atoms with E-state index >= 15 is 0 Å². The van der Waals surface area contributed by atoms with Gasteiger partial charge in [-0.3, -0.25) is 29.8 Å². The summed E-state index contributed by atoms with van der Waals surface area (Å²) in [4.78, 5) is 43.9. The van der Waals surface area contributed by atoms with Crippen LogP contribution in [-0.2, 0) is 0 Å². The van der Waals surface area contributed by atoms with E-state index in [4.69, 9.17) is 0 Å². The average molecular weight is 438 g/mol. The minimum absolute atomic E-state index is 0. The summed E-state index contributed by atoms with van der Waals surface area (Å²) in [6, 6.07) is 10.6. The third-order valence-electron chi connectivity index (χ3n) is 3.86. The smallest absolute Gasteiger partial charge is 0.269 e. The summed E-state index contributed by atoms with van der Waals surface area (Å²) >= 11 is 0. The van der Waals surface area contributed by atoms with Gasteiger partial charge in [-0.1, -0.05) is 0 Å². The molecular weight excluding hydrogens is 418 g/mol. The first kappa shape index (κ1) is 24.5. The number of nitrogens with one attached hydrogen (secondary N) is 3. The number of benzene rings is 2. The van der Waals surface area contributed by atoms with E-state index in [-0.39, 0.29) is 35.6 Å². The van der Waals surface area contributed by atoms with E-state index in [0.717, 1.165) is 0 Å². The lowest BCUT2D eigenvalue weighted by Gasteiger charge is -2.08. The molecule has 0 saturated carbocycles. The number of carbonyl (C=O) groups is 2. The van der Waals surface area contributed by atoms with Gasteiger partial charge in [0.25, 0.3) is 23.2 Å². The first-order valence-electron chi connectivity index (χ1n) is 8.64. The van der Waals surface area contributed by atoms with Crippen molar-refractivity contribution in [3.05, 3.63) is 79.9 Å². The fraction of sp³-hybridized carbons (Fsp3) is 0.222. The monoisotopic (exact) mass is 437 g/mol. The van der Waals surface area contributed by atoms with Gasteiger partial charge in [-0.2, -0.15) is 0 Å². The molecule has 0 aliphatic carbocycles. The van der Waals surface area contributed by atoms with Crippen molar-refractivity contribution in [3.8, 4) is 0 Å². The Labute approximate surface area is 177 Å². The van der Waals surface area contributed by atoms with Crippen molar-refractivity contribution in [1.29, 1.82) is 0 Å². The maximum Gasteiger partial charge on any atom is 0.269 e. The number of nitro benzene ring substituents is 2. The van der Waals surface area contributed by atoms with Crippen LogP contribution in [0.1, 0.15) is 20.7 Å². The Kier molecular flexibility index (Phi) is 9.86. The molecule has 0 unspecified atom stereocenters. The highest BCUT2D eigenvalue weighted by atomic mass is 35.5. The Morgan fingerprint density at radius 2 is 1.00 bits per heavy atom. The van der Waals surface area contributed by atoms with Crippen LogP contribution in [-0.4, -0.2) is 47.8 Å². The molecule has 12 heteroatoms. The van der Waals surface area contributed by atoms with Crippen LogP contribution in [0.4, 0.5) is 11.4 Å². The summed E-state index contributed by atoms with van der Waals surface area (Å²) in [6.45, 7) is 1.61. The van der Waals surface area contributed by atoms with E-state index < -0.39 is 9.85 Å². The highest BCUT2D eigenvalue weighted by molar-refractivity contribution is 5.94. The molecule has 0 bridgehead atoms. The third kappa shape index (κ3) is 7.45. The topological polar surface area (TPSA) is 157 Å². The minimum atomic E-state index is -0.536. The summed E-state index contributed by atoms with van der Waals surface area (Å²) < 4.78 is 0. The molecule has 0 radical (unpaired) electrons. The molecule has 2 aromatic carbocycles. The van der Waals surface area contributed by atoms with Gasteiger partial charge in [-0.25, -0.2) is 0 Å². The summed E-state index contributed by atoms with van der Waals surface area (Å²) in [5.74, 6) is -0.679. The molecule has 3 N–H and O–H groups in total. The summed E-state index contributed by atoms with van der Waals surface area (Å²) in [6.07, 6.45) is 0. The summed E-state index contributed by atoms with van der Waals surface area (Å²) in [5.41, 5.74) is 0.481. The Balaban J connectivity index is 0.00000450. The van der Waals surface area contributed by atoms with Gasteiger partial charge in [0.2, 0.25) is 0 Å². The molecule has 2 rings (SSSR count). The van der Waals surface area contributed by atoms with Crippen molar-refractivity contribution in [1.82, 2.24) is 16.0 Å². The zero-order valence-corrected chi connectivity index (χ0v) is 16.5. The standard InChI is InChI=1S/C18H19N5O6.ClH/c24-17(13-1-5-15(6-2-13)22(26)27)20-11-9-19-10-12-21-18(25)14-3-7-16(8-4-14)23(28)29;/h1-8,19H,9-12H2,(H,20,24)(H,21,25);1H. The zero-order chi connectivity index (χ0) is 21.2. The number of carbonyl (C=O) groups excluding carboxylic acids is 2. The van der Waals surface area contributed by atoms with Gasteiger partial charge in [-0.05, 0) is 24.3 Å². The normalized spacial score (nSPS) is 9.87. The van der Waals surface area contributed by atoms with Gasteiger partial charge in [0, 0.05) is 61.6 Å². The van der Waals surface area contributed by atoms with E-state index in [1.165, 1.54) is 48.5 Å². The maximum atomic E-state index is 11.9. The van der Waals surface area contributed by atoms with Crippen LogP contribution in [0, 0.1) is 20.2 Å². The number of rotatable bonds is 10. The molecule has 0 aliphatic heterocycles. The first-order chi connectivity index (χ1) is 13.9. The largest absolute Gasteiger partial charge is 0.351 e. The van der Waals surface area contributed by atoms with Crippen LogP contribution in [0.15, 0.2) is 48.5 Å². The molecule has 2 amide bonds. The van der Waals surface area contributed by atoms with Gasteiger partial charge in [-0.15, -0.1) is 12.4 Å². The predicted octanol–water partition coefficient (Wildman–Crippen LogP) is 1.67. The number of nitrogens with zero attached hydrogens (tertiary/aromatic N) is 2. The lowest BCUT2D eigenvalue weighted by Crippen LogP contribution is -2.36. The molecule has 0 aromatic heterocycles. The van der Waals surface area contributed by atoms with Crippen molar-refractivity contribution in [2.75, 3.05) is 26.2 Å². The fourth-order valence-electron chi connectivity index (χ4n) is 2.33. The first-order valence-corrected chi connectivity index (χ1v) is 8.64. The molecule has 0 spiro atoms. The molecule has 2 aromatic rings. The summed E-state index contributed by atoms with van der Waals surface area (Å²) in [5, 5.41) is 29.6. The Morgan fingerprint density at radius 3 is 1.30 bits per heavy atom. The third-order valence-corrected chi connectivity index (χ3v) is 3.86. The quantitative estimate of drug-likeness (QED) is 0.290. The van der Waals surface area contributed by atoms with Crippen molar-refractivity contribution in [2.45, 2.75) is 0 Å². The van der Waals surface area contributed by atoms with E-state index in [0.29, 0.717) is 37.3 Å². The van der Waals surface area contributed by atoms with Gasteiger partial charge < -0.3 is 16.0 Å². The number of hydrogen-bond acceptors (Lipinski definition) is 7. The second kappa shape index (κ2) is 12.1. The van der Waals surface area contributed by atoms with Gasteiger partial charge in [0.1, 0.15) is 0 Å². The maximum absolute atomic E-state index is 11.9. The van der Waals surface area contributed by atoms with Crippen molar-refractivity contribution in [2.24, 2.45) is 0 Å². The predicted molar refractivity (Wildman–Crippen MR) is 111 cm³/mol. The van der Waals surface area contributed by atoms with E-state index in [9.17, 15) is 29.8 Å². The van der Waals surface area contributed by atoms with E-state index in [1.54, 1.807) is 0 Å². The Bertz CT molecular complexity index is 815. The molecule has 0 fully saturated rings. The highest BCUT2D eigenvalue weighted by Gasteiger charge is 2.10. The van der Waals surface area contributed by atoms with Crippen LogP contribution in [0.25, 0.3) is 0 Å². The number of hydrogen-bond donors (Lipinski definition) is 3. The zero-order valence-electron chi connectivity index (χ0n) is 15.7. The molecule has 0 heterocycles. The molecule has 0 aliphatic rings. The second-order valence-corrected chi connectivity index (χ2v) is 5.87. The molecule has 30 heavy (non-hydrogen) atoms. The van der Waals surface area contributed by atoms with Crippen LogP contribution in [0.3, 0.4) is 0 Å². The van der Waals surface area contributed by atoms with Crippen LogP contribution >= 0.6 is 12.4 Å². The van der Waals surface area contributed by atoms with Crippen molar-refractivity contribution < 1.29 is 19.4 Å².